The summed E-state index contributed by atoms with van der Waals surface area (Å²) in [4.78, 5) is 9.95. The standard InChI is InChI=1S/C7H11IO3/c8-6-4-10-5-7(6)11-3-1-2-9/h2,6-7H,1,3-5H2/t6-,7-/m0/s1. The molecule has 1 aliphatic rings. The summed E-state index contributed by atoms with van der Waals surface area (Å²) in [5.41, 5.74) is 0. The van der Waals surface area contributed by atoms with E-state index in [9.17, 15) is 4.79 Å². The van der Waals surface area contributed by atoms with Gasteiger partial charge in [0.1, 0.15) is 6.29 Å². The van der Waals surface area contributed by atoms with E-state index >= 15 is 0 Å². The summed E-state index contributed by atoms with van der Waals surface area (Å²) < 4.78 is 11.0. The molecule has 4 heteroatoms. The number of ether oxygens (including phenoxy) is 2. The van der Waals surface area contributed by atoms with Crippen LogP contribution < -0.4 is 0 Å². The molecule has 1 saturated heterocycles. The van der Waals surface area contributed by atoms with Gasteiger partial charge in [0.25, 0.3) is 0 Å². The maximum atomic E-state index is 9.95. The first-order valence-electron chi connectivity index (χ1n) is 3.61. The fourth-order valence-electron chi connectivity index (χ4n) is 0.929. The molecule has 0 unspecified atom stereocenters. The predicted octanol–water partition coefficient (Wildman–Crippen LogP) is 0.794. The van der Waals surface area contributed by atoms with Crippen LogP contribution in [-0.2, 0) is 14.3 Å². The molecule has 1 aliphatic heterocycles. The summed E-state index contributed by atoms with van der Waals surface area (Å²) in [5, 5.41) is 0. The van der Waals surface area contributed by atoms with Gasteiger partial charge in [-0.3, -0.25) is 0 Å². The van der Waals surface area contributed by atoms with Gasteiger partial charge >= 0.3 is 0 Å². The molecule has 0 aliphatic carbocycles. The Labute approximate surface area is 79.6 Å². The van der Waals surface area contributed by atoms with Crippen molar-refractivity contribution in [2.45, 2.75) is 16.4 Å². The van der Waals surface area contributed by atoms with Crippen molar-refractivity contribution in [1.29, 1.82) is 0 Å². The molecule has 0 bridgehead atoms. The van der Waals surface area contributed by atoms with Crippen LogP contribution in [0.15, 0.2) is 0 Å². The molecular weight excluding hydrogens is 259 g/mol. The minimum absolute atomic E-state index is 0.190. The molecule has 64 valence electrons. The maximum Gasteiger partial charge on any atom is 0.122 e. The van der Waals surface area contributed by atoms with E-state index in [1.807, 2.05) is 0 Å². The Kier molecular flexibility index (Phi) is 4.32. The van der Waals surface area contributed by atoms with E-state index in [0.717, 1.165) is 12.9 Å². The molecule has 3 nitrogen and oxygen atoms in total. The Hall–Kier alpha value is 0.320. The van der Waals surface area contributed by atoms with Crippen molar-refractivity contribution < 1.29 is 14.3 Å². The van der Waals surface area contributed by atoms with Gasteiger partial charge in [0.05, 0.1) is 29.8 Å². The van der Waals surface area contributed by atoms with Gasteiger partial charge < -0.3 is 14.3 Å². The van der Waals surface area contributed by atoms with E-state index in [2.05, 4.69) is 22.6 Å². The molecule has 0 amide bonds. The molecule has 1 fully saturated rings. The molecule has 2 atom stereocenters. The van der Waals surface area contributed by atoms with E-state index < -0.39 is 0 Å². The highest BCUT2D eigenvalue weighted by Crippen LogP contribution is 2.17. The van der Waals surface area contributed by atoms with Gasteiger partial charge in [0, 0.05) is 6.42 Å². The molecule has 0 saturated carbocycles. The third-order valence-corrected chi connectivity index (χ3v) is 2.69. The summed E-state index contributed by atoms with van der Waals surface area (Å²) in [6.45, 7) is 1.97. The van der Waals surface area contributed by atoms with Crippen LogP contribution in [0.5, 0.6) is 0 Å². The van der Waals surface area contributed by atoms with Crippen molar-refractivity contribution in [3.63, 3.8) is 0 Å². The molecular formula is C7H11IO3. The second-order valence-electron chi connectivity index (χ2n) is 2.42. The number of carbonyl (C=O) groups excluding carboxylic acids is 1. The summed E-state index contributed by atoms with van der Waals surface area (Å²) in [6, 6.07) is 0. The van der Waals surface area contributed by atoms with Crippen LogP contribution in [0.4, 0.5) is 0 Å². The van der Waals surface area contributed by atoms with E-state index in [-0.39, 0.29) is 6.10 Å². The molecule has 0 aromatic carbocycles. The average molecular weight is 270 g/mol. The molecule has 0 aromatic rings. The smallest absolute Gasteiger partial charge is 0.122 e. The minimum atomic E-state index is 0.190. The van der Waals surface area contributed by atoms with Gasteiger partial charge in [0.2, 0.25) is 0 Å². The average Bonchev–Trinajstić information content (AvgIpc) is 2.37. The molecule has 0 N–H and O–H groups in total. The van der Waals surface area contributed by atoms with Crippen LogP contribution in [0.3, 0.4) is 0 Å². The monoisotopic (exact) mass is 270 g/mol. The lowest BCUT2D eigenvalue weighted by atomic mass is 10.3. The van der Waals surface area contributed by atoms with Gasteiger partial charge in [-0.1, -0.05) is 22.6 Å². The number of hydrogen-bond donors (Lipinski definition) is 0. The molecule has 1 heterocycles. The van der Waals surface area contributed by atoms with Crippen molar-refractivity contribution in [2.24, 2.45) is 0 Å². The van der Waals surface area contributed by atoms with Gasteiger partial charge in [-0.15, -0.1) is 0 Å². The molecule has 0 aromatic heterocycles. The lowest BCUT2D eigenvalue weighted by Gasteiger charge is -2.11. The largest absolute Gasteiger partial charge is 0.378 e. The quantitative estimate of drug-likeness (QED) is 0.328. The zero-order chi connectivity index (χ0) is 8.10. The Morgan fingerprint density at radius 2 is 2.45 bits per heavy atom. The Morgan fingerprint density at radius 3 is 3.00 bits per heavy atom. The number of rotatable bonds is 4. The SMILES string of the molecule is O=CCCO[C@H]1COC[C@@H]1I. The first-order valence-corrected chi connectivity index (χ1v) is 4.86. The van der Waals surface area contributed by atoms with Crippen LogP contribution in [-0.4, -0.2) is 36.1 Å². The second-order valence-corrected chi connectivity index (χ2v) is 4.02. The van der Waals surface area contributed by atoms with Crippen molar-refractivity contribution in [3.8, 4) is 0 Å². The number of halogens is 1. The van der Waals surface area contributed by atoms with Gasteiger partial charge in [-0.25, -0.2) is 0 Å². The Morgan fingerprint density at radius 1 is 1.64 bits per heavy atom. The van der Waals surface area contributed by atoms with Crippen molar-refractivity contribution in [2.75, 3.05) is 19.8 Å². The van der Waals surface area contributed by atoms with Crippen LogP contribution in [0.2, 0.25) is 0 Å². The van der Waals surface area contributed by atoms with Crippen LogP contribution in [0, 0.1) is 0 Å². The highest BCUT2D eigenvalue weighted by atomic mass is 127. The highest BCUT2D eigenvalue weighted by Gasteiger charge is 2.25. The number of aldehydes is 1. The molecule has 0 radical (unpaired) electrons. The molecule has 11 heavy (non-hydrogen) atoms. The summed E-state index contributed by atoms with van der Waals surface area (Å²) in [5.74, 6) is 0. The third-order valence-electron chi connectivity index (χ3n) is 1.53. The minimum Gasteiger partial charge on any atom is -0.378 e. The van der Waals surface area contributed by atoms with E-state index in [0.29, 0.717) is 23.6 Å². The second kappa shape index (κ2) is 5.05. The first-order chi connectivity index (χ1) is 5.34. The Balaban J connectivity index is 2.10. The van der Waals surface area contributed by atoms with E-state index in [4.69, 9.17) is 9.47 Å². The van der Waals surface area contributed by atoms with Crippen molar-refractivity contribution >= 4 is 28.9 Å². The summed E-state index contributed by atoms with van der Waals surface area (Å²) >= 11 is 2.31. The number of alkyl halides is 1. The molecule has 1 rings (SSSR count). The maximum absolute atomic E-state index is 9.95. The number of carbonyl (C=O) groups is 1. The summed E-state index contributed by atoms with van der Waals surface area (Å²) in [6.07, 6.45) is 1.55. The van der Waals surface area contributed by atoms with Gasteiger partial charge in [0.15, 0.2) is 0 Å². The molecule has 0 spiro atoms. The van der Waals surface area contributed by atoms with Crippen LogP contribution in [0.1, 0.15) is 6.42 Å². The zero-order valence-corrected chi connectivity index (χ0v) is 8.32. The van der Waals surface area contributed by atoms with E-state index in [1.54, 1.807) is 0 Å². The summed E-state index contributed by atoms with van der Waals surface area (Å²) in [7, 11) is 0. The fraction of sp³-hybridized carbons (Fsp3) is 0.857. The van der Waals surface area contributed by atoms with Gasteiger partial charge in [-0.2, -0.15) is 0 Å². The van der Waals surface area contributed by atoms with Crippen LogP contribution in [0.25, 0.3) is 0 Å². The number of hydrogen-bond acceptors (Lipinski definition) is 3. The third kappa shape index (κ3) is 3.04. The highest BCUT2D eigenvalue weighted by molar-refractivity contribution is 14.1. The predicted molar refractivity (Wildman–Crippen MR) is 49.0 cm³/mol. The fourth-order valence-corrected chi connectivity index (χ4v) is 1.60. The van der Waals surface area contributed by atoms with Crippen LogP contribution >= 0.6 is 22.6 Å². The topological polar surface area (TPSA) is 35.5 Å². The lowest BCUT2D eigenvalue weighted by molar-refractivity contribution is -0.109. The normalized spacial score (nSPS) is 30.6. The van der Waals surface area contributed by atoms with Crippen molar-refractivity contribution in [1.82, 2.24) is 0 Å². The van der Waals surface area contributed by atoms with Crippen molar-refractivity contribution in [3.05, 3.63) is 0 Å². The van der Waals surface area contributed by atoms with Gasteiger partial charge in [-0.05, 0) is 0 Å². The van der Waals surface area contributed by atoms with E-state index in [1.165, 1.54) is 0 Å². The zero-order valence-electron chi connectivity index (χ0n) is 6.16. The first kappa shape index (κ1) is 9.41. The Bertz CT molecular complexity index is 129. The lowest BCUT2D eigenvalue weighted by Crippen LogP contribution is -2.22.